The summed E-state index contributed by atoms with van der Waals surface area (Å²) >= 11 is 0. The molecule has 0 aromatic heterocycles. The summed E-state index contributed by atoms with van der Waals surface area (Å²) < 4.78 is -5.64. The number of allylic oxidation sites excluding steroid dienone is 20. The molecule has 0 spiro atoms. The Morgan fingerprint density at radius 3 is 0.370 bits per heavy atom. The number of halogens is 3. The molecule has 0 aromatic rings. The molecule has 54 heavy (non-hydrogen) atoms. The van der Waals surface area contributed by atoms with Crippen LogP contribution in [0, 0.1) is 0 Å². The molecule has 0 aromatic carbocycles. The Hall–Kier alpha value is -0.847. The Bertz CT molecular complexity index is 1880. The third-order valence-electron chi connectivity index (χ3n) is 23.8. The fourth-order valence-electron chi connectivity index (χ4n) is 18.8. The third kappa shape index (κ3) is 2.56. The third-order valence-corrected chi connectivity index (χ3v) is 105. The van der Waals surface area contributed by atoms with Crippen LogP contribution in [-0.2, 0) is 10.7 Å². The molecule has 300 valence electrons. The van der Waals surface area contributed by atoms with Gasteiger partial charge < -0.3 is 0 Å². The van der Waals surface area contributed by atoms with Crippen LogP contribution in [-0.4, -0.2) is 0 Å². The van der Waals surface area contributed by atoms with Crippen molar-refractivity contribution in [3.8, 4) is 0 Å². The Labute approximate surface area is 333 Å². The molecule has 5 rings (SSSR count). The number of hydrogen-bond donors (Lipinski definition) is 0. The van der Waals surface area contributed by atoms with Gasteiger partial charge in [-0.1, -0.05) is 0 Å². The van der Waals surface area contributed by atoms with Crippen molar-refractivity contribution < 1.29 is 10.7 Å². The Morgan fingerprint density at radius 1 is 0.222 bits per heavy atom. The number of hydrogen-bond acceptors (Lipinski definition) is 0. The van der Waals surface area contributed by atoms with Crippen molar-refractivity contribution in [3.05, 3.63) is 111 Å². The van der Waals surface area contributed by atoms with Crippen LogP contribution < -0.4 is 0 Å². The predicted octanol–water partition coefficient (Wildman–Crippen LogP) is 19.1. The van der Waals surface area contributed by atoms with Crippen molar-refractivity contribution in [1.82, 2.24) is 0 Å². The van der Waals surface area contributed by atoms with Gasteiger partial charge in [0.1, 0.15) is 0 Å². The van der Waals surface area contributed by atoms with E-state index in [0.29, 0.717) is 0 Å². The zero-order valence-corrected chi connectivity index (χ0v) is 43.9. The minimum absolute atomic E-state index is 1.13. The van der Waals surface area contributed by atoms with Crippen molar-refractivity contribution >= 4 is 25.5 Å². The molecule has 0 radical (unpaired) electrons. The van der Waals surface area contributed by atoms with Crippen LogP contribution in [0.3, 0.4) is 0 Å². The monoisotopic (exact) mass is 870 g/mol. The summed E-state index contributed by atoms with van der Waals surface area (Å²) in [5.74, 6) is 0. The molecule has 0 saturated heterocycles. The minimum atomic E-state index is -9.41. The Morgan fingerprint density at radius 2 is 0.296 bits per heavy atom. The van der Waals surface area contributed by atoms with E-state index >= 15 is 0 Å². The van der Waals surface area contributed by atoms with Gasteiger partial charge >= 0.3 is 336 Å². The summed E-state index contributed by atoms with van der Waals surface area (Å²) in [5, 5.41) is 0. The fraction of sp³-hybridized carbons (Fsp3) is 0.600. The topological polar surface area (TPSA) is 0 Å². The van der Waals surface area contributed by atoms with Gasteiger partial charge in [-0.05, 0) is 0 Å². The van der Waals surface area contributed by atoms with Crippen LogP contribution in [0.1, 0.15) is 173 Å². The second-order valence-electron chi connectivity index (χ2n) is 21.0. The zero-order valence-electron chi connectivity index (χ0n) is 39.1. The van der Waals surface area contributed by atoms with Crippen LogP contribution in [0.15, 0.2) is 111 Å². The maximum atomic E-state index is 11.3. The van der Waals surface area contributed by atoms with Crippen LogP contribution in [0.5, 0.6) is 0 Å². The fourth-order valence-corrected chi connectivity index (χ4v) is 102. The second kappa shape index (κ2) is 9.94. The van der Waals surface area contributed by atoms with Crippen LogP contribution in [0.2, 0.25) is 15.6 Å². The van der Waals surface area contributed by atoms with E-state index in [2.05, 4.69) is 173 Å². The van der Waals surface area contributed by atoms with Crippen molar-refractivity contribution in [2.75, 3.05) is 0 Å². The summed E-state index contributed by atoms with van der Waals surface area (Å²) in [6, 6.07) is 0. The van der Waals surface area contributed by atoms with Crippen LogP contribution in [0.4, 0.5) is 0 Å². The van der Waals surface area contributed by atoms with E-state index in [9.17, 15) is 25.5 Å². The van der Waals surface area contributed by atoms with Gasteiger partial charge in [0.2, 0.25) is 0 Å². The van der Waals surface area contributed by atoms with Gasteiger partial charge in [0.15, 0.2) is 0 Å². The second-order valence-corrected chi connectivity index (χ2v) is 74.4. The summed E-state index contributed by atoms with van der Waals surface area (Å²) in [7, 11) is 24.4. The normalized spacial score (nSPS) is 28.5. The first-order valence-electron chi connectivity index (χ1n) is 20.6. The van der Waals surface area contributed by atoms with Crippen molar-refractivity contribution in [2.45, 2.75) is 189 Å². The average Bonchev–Trinajstić information content (AvgIpc) is 3.60. The molecule has 0 heterocycles. The SMILES string of the molecule is CC1=C(C)[C](C)([Zr]([Cl])([Cl])([Cl])([C]2(C)C(C)=C(C)C(C)=C2C)([C]2(C)C(C)=C(C)C(C)=C2C)([C]2(C)C(C)=C(C)C(C)=C2C)[C]2(C)C(C)=C(C)C(C)=C2C)C(C)=C1C. The summed E-state index contributed by atoms with van der Waals surface area (Å²) in [5.41, 5.74) is 24.4. The maximum absolute atomic E-state index is 11.3. The van der Waals surface area contributed by atoms with Crippen molar-refractivity contribution in [2.24, 2.45) is 0 Å². The molecule has 0 nitrogen and oxygen atoms in total. The van der Waals surface area contributed by atoms with Crippen molar-refractivity contribution in [3.63, 3.8) is 0 Å². The molecule has 0 N–H and O–H groups in total. The summed E-state index contributed by atoms with van der Waals surface area (Å²) in [6.45, 7) is 58.9. The molecule has 5 aliphatic carbocycles. The molecular weight excluding hydrogens is 798 g/mol. The molecule has 0 atom stereocenters. The molecule has 4 heteroatoms. The molecule has 0 fully saturated rings. The standard InChI is InChI=1S/5C10H15.3ClH.Zr/c5*1-6-7(2)9(4)10(5)8(6)3;;;;/h5*1-5H3;3*1H;/q;;;;;;;;+3/p-3. The van der Waals surface area contributed by atoms with Gasteiger partial charge in [-0.25, -0.2) is 0 Å². The molecule has 0 aliphatic heterocycles. The van der Waals surface area contributed by atoms with Crippen LogP contribution >= 0.6 is 25.5 Å². The van der Waals surface area contributed by atoms with E-state index < -0.39 is 26.4 Å². The average molecular weight is 874 g/mol. The quantitative estimate of drug-likeness (QED) is 0.258. The molecule has 0 bridgehead atoms. The zero-order chi connectivity index (χ0) is 42.4. The predicted molar refractivity (Wildman–Crippen MR) is 243 cm³/mol. The van der Waals surface area contributed by atoms with Gasteiger partial charge in [0, 0.05) is 0 Å². The van der Waals surface area contributed by atoms with E-state index in [1.165, 1.54) is 111 Å². The van der Waals surface area contributed by atoms with Gasteiger partial charge in [0.25, 0.3) is 0 Å². The van der Waals surface area contributed by atoms with E-state index in [4.69, 9.17) is 0 Å². The van der Waals surface area contributed by atoms with E-state index in [1.807, 2.05) is 0 Å². The first-order valence-corrected chi connectivity index (χ1v) is 36.2. The van der Waals surface area contributed by atoms with E-state index in [1.54, 1.807) is 0 Å². The molecule has 0 amide bonds. The van der Waals surface area contributed by atoms with Gasteiger partial charge in [-0.3, -0.25) is 0 Å². The Balaban J connectivity index is 2.78. The molecule has 5 aliphatic rings. The number of rotatable bonds is 5. The first kappa shape index (κ1) is 44.3. The molecule has 0 unspecified atom stereocenters. The van der Waals surface area contributed by atoms with Crippen LogP contribution in [0.25, 0.3) is 0 Å². The van der Waals surface area contributed by atoms with E-state index in [-0.39, 0.29) is 0 Å². The van der Waals surface area contributed by atoms with Gasteiger partial charge in [0.05, 0.1) is 0 Å². The van der Waals surface area contributed by atoms with Crippen molar-refractivity contribution in [1.29, 1.82) is 0 Å². The molecule has 0 saturated carbocycles. The van der Waals surface area contributed by atoms with E-state index in [0.717, 1.165) is 0 Å². The summed E-state index contributed by atoms with van der Waals surface area (Å²) in [6.07, 6.45) is 0. The molecular formula is C50H75Cl3Zr. The Kier molecular flexibility index (Phi) is 8.15. The van der Waals surface area contributed by atoms with Gasteiger partial charge in [-0.15, -0.1) is 0 Å². The summed E-state index contributed by atoms with van der Waals surface area (Å²) in [4.78, 5) is 0. The van der Waals surface area contributed by atoms with Gasteiger partial charge in [-0.2, -0.15) is 0 Å². The first-order chi connectivity index (χ1) is 23.9.